The van der Waals surface area contributed by atoms with E-state index in [9.17, 15) is 18.3 Å². The first-order chi connectivity index (χ1) is 15.8. The summed E-state index contributed by atoms with van der Waals surface area (Å²) in [6.07, 6.45) is 0. The van der Waals surface area contributed by atoms with Gasteiger partial charge in [-0.1, -0.05) is 54.1 Å². The zero-order chi connectivity index (χ0) is 23.6. The van der Waals surface area contributed by atoms with Gasteiger partial charge in [0.1, 0.15) is 5.69 Å². The van der Waals surface area contributed by atoms with E-state index in [0.29, 0.717) is 10.8 Å². The van der Waals surface area contributed by atoms with Gasteiger partial charge in [-0.25, -0.2) is 8.42 Å². The van der Waals surface area contributed by atoms with Crippen molar-refractivity contribution in [1.82, 2.24) is 0 Å². The van der Waals surface area contributed by atoms with E-state index >= 15 is 0 Å². The van der Waals surface area contributed by atoms with Gasteiger partial charge in [0.2, 0.25) is 0 Å². The minimum absolute atomic E-state index is 0.0711. The van der Waals surface area contributed by atoms with Crippen molar-refractivity contribution >= 4 is 43.8 Å². The van der Waals surface area contributed by atoms with Gasteiger partial charge in [0, 0.05) is 16.5 Å². The molecule has 0 aromatic heterocycles. The van der Waals surface area contributed by atoms with Gasteiger partial charge in [-0.15, -0.1) is 10.2 Å². The van der Waals surface area contributed by atoms with E-state index in [-0.39, 0.29) is 33.3 Å². The Labute approximate surface area is 190 Å². The van der Waals surface area contributed by atoms with Crippen molar-refractivity contribution < 1.29 is 18.3 Å². The summed E-state index contributed by atoms with van der Waals surface area (Å²) in [4.78, 5) is 12.5. The predicted octanol–water partition coefficient (Wildman–Crippen LogP) is 5.16. The van der Waals surface area contributed by atoms with E-state index < -0.39 is 15.9 Å². The van der Waals surface area contributed by atoms with Crippen LogP contribution in [-0.2, 0) is 10.0 Å². The fraction of sp³-hybridized carbons (Fsp3) is 0.0417. The first-order valence-corrected chi connectivity index (χ1v) is 11.4. The van der Waals surface area contributed by atoms with Crippen molar-refractivity contribution in [3.05, 3.63) is 90.0 Å². The molecular weight excluding hydrogens is 440 g/mol. The van der Waals surface area contributed by atoms with Crippen LogP contribution in [0.4, 0.5) is 17.1 Å². The summed E-state index contributed by atoms with van der Waals surface area (Å²) in [5.41, 5.74) is 7.26. The maximum absolute atomic E-state index is 12.9. The van der Waals surface area contributed by atoms with Crippen LogP contribution in [-0.4, -0.2) is 19.4 Å². The number of aryl methyl sites for hydroxylation is 1. The predicted molar refractivity (Wildman–Crippen MR) is 127 cm³/mol. The highest BCUT2D eigenvalue weighted by molar-refractivity contribution is 7.92. The van der Waals surface area contributed by atoms with Gasteiger partial charge < -0.3 is 10.8 Å². The van der Waals surface area contributed by atoms with E-state index in [2.05, 4.69) is 15.0 Å². The zero-order valence-electron chi connectivity index (χ0n) is 17.6. The topological polar surface area (TPSA) is 134 Å². The zero-order valence-corrected chi connectivity index (χ0v) is 18.4. The number of aromatic hydroxyl groups is 1. The number of carbonyl (C=O) groups excluding carboxylic acids is 1. The molecule has 0 saturated carbocycles. The SMILES string of the molecule is Cc1ccc(S(=O)(=O)Nc2cc(N=NC(=O)c3ccccc3N)c(O)c3ccccc23)cc1. The summed E-state index contributed by atoms with van der Waals surface area (Å²) in [5.74, 6) is -0.927. The molecule has 9 heteroatoms. The number of para-hydroxylation sites is 1. The van der Waals surface area contributed by atoms with Crippen LogP contribution in [0.25, 0.3) is 10.8 Å². The normalized spacial score (nSPS) is 11.7. The number of fused-ring (bicyclic) bond motifs is 1. The molecule has 4 aromatic rings. The number of azo groups is 1. The fourth-order valence-corrected chi connectivity index (χ4v) is 4.34. The lowest BCUT2D eigenvalue weighted by molar-refractivity contribution is 0.0996. The number of amides is 1. The minimum Gasteiger partial charge on any atom is -0.505 e. The van der Waals surface area contributed by atoms with Crippen molar-refractivity contribution in [2.75, 3.05) is 10.5 Å². The molecule has 4 rings (SSSR count). The van der Waals surface area contributed by atoms with Gasteiger partial charge in [-0.05, 0) is 37.3 Å². The molecule has 0 saturated heterocycles. The summed E-state index contributed by atoms with van der Waals surface area (Å²) >= 11 is 0. The molecule has 33 heavy (non-hydrogen) atoms. The lowest BCUT2D eigenvalue weighted by atomic mass is 10.1. The molecule has 0 heterocycles. The van der Waals surface area contributed by atoms with E-state index in [4.69, 9.17) is 5.73 Å². The summed E-state index contributed by atoms with van der Waals surface area (Å²) in [6.45, 7) is 1.86. The first-order valence-electron chi connectivity index (χ1n) is 9.91. The number of hydrogen-bond acceptors (Lipinski definition) is 6. The number of anilines is 2. The molecule has 166 valence electrons. The molecule has 0 radical (unpaired) electrons. The van der Waals surface area contributed by atoms with Crippen molar-refractivity contribution in [3.8, 4) is 5.75 Å². The maximum atomic E-state index is 12.9. The van der Waals surface area contributed by atoms with Gasteiger partial charge in [-0.2, -0.15) is 0 Å². The Morgan fingerprint density at radius 3 is 2.27 bits per heavy atom. The number of rotatable bonds is 5. The molecule has 0 atom stereocenters. The number of phenols is 1. The summed E-state index contributed by atoms with van der Waals surface area (Å²) in [7, 11) is -3.92. The number of hydrogen-bond donors (Lipinski definition) is 3. The van der Waals surface area contributed by atoms with Gasteiger partial charge in [0.05, 0.1) is 16.1 Å². The van der Waals surface area contributed by atoms with Crippen LogP contribution < -0.4 is 10.5 Å². The third-order valence-electron chi connectivity index (χ3n) is 5.01. The third kappa shape index (κ3) is 4.53. The van der Waals surface area contributed by atoms with Crippen molar-refractivity contribution in [2.45, 2.75) is 11.8 Å². The number of sulfonamides is 1. The van der Waals surface area contributed by atoms with Gasteiger partial charge in [-0.3, -0.25) is 9.52 Å². The molecule has 1 amide bonds. The molecule has 0 aliphatic rings. The number of phenolic OH excluding ortho intramolecular Hbond substituents is 1. The standard InChI is InChI=1S/C24H20N4O4S/c1-15-10-12-16(13-11-15)33(31,32)28-21-14-22(23(29)18-7-3-2-6-17(18)21)26-27-24(30)19-8-4-5-9-20(19)25/h2-14,28-29H,25H2,1H3. The Morgan fingerprint density at radius 2 is 1.58 bits per heavy atom. The second-order valence-electron chi connectivity index (χ2n) is 7.35. The maximum Gasteiger partial charge on any atom is 0.297 e. The Kier molecular flexibility index (Phi) is 5.80. The van der Waals surface area contributed by atoms with E-state index in [1.807, 2.05) is 6.92 Å². The monoisotopic (exact) mass is 460 g/mol. The van der Waals surface area contributed by atoms with Gasteiger partial charge in [0.25, 0.3) is 15.9 Å². The summed E-state index contributed by atoms with van der Waals surface area (Å²) in [5, 5.41) is 19.1. The summed E-state index contributed by atoms with van der Waals surface area (Å²) < 4.78 is 28.4. The average molecular weight is 461 g/mol. The molecule has 0 fully saturated rings. The minimum atomic E-state index is -3.92. The molecule has 0 unspecified atom stereocenters. The highest BCUT2D eigenvalue weighted by Crippen LogP contribution is 2.40. The van der Waals surface area contributed by atoms with Crippen LogP contribution in [0.3, 0.4) is 0 Å². The van der Waals surface area contributed by atoms with Crippen LogP contribution in [0.5, 0.6) is 5.75 Å². The van der Waals surface area contributed by atoms with Crippen molar-refractivity contribution in [2.24, 2.45) is 10.2 Å². The lowest BCUT2D eigenvalue weighted by Gasteiger charge is -2.13. The highest BCUT2D eigenvalue weighted by atomic mass is 32.2. The molecule has 4 N–H and O–H groups in total. The van der Waals surface area contributed by atoms with Crippen molar-refractivity contribution in [3.63, 3.8) is 0 Å². The number of nitrogens with zero attached hydrogens (tertiary/aromatic N) is 2. The van der Waals surface area contributed by atoms with E-state index in [0.717, 1.165) is 5.56 Å². The molecule has 0 aliphatic heterocycles. The number of nitrogens with two attached hydrogens (primary N) is 1. The number of nitrogens with one attached hydrogen (secondary N) is 1. The molecule has 8 nitrogen and oxygen atoms in total. The van der Waals surface area contributed by atoms with Crippen molar-refractivity contribution in [1.29, 1.82) is 0 Å². The second kappa shape index (κ2) is 8.71. The third-order valence-corrected chi connectivity index (χ3v) is 6.39. The molecular formula is C24H20N4O4S. The smallest absolute Gasteiger partial charge is 0.297 e. The Balaban J connectivity index is 1.76. The van der Waals surface area contributed by atoms with Crippen LogP contribution in [0.1, 0.15) is 15.9 Å². The van der Waals surface area contributed by atoms with Gasteiger partial charge >= 0.3 is 0 Å². The summed E-state index contributed by atoms with van der Waals surface area (Å²) in [6, 6.07) is 20.8. The highest BCUT2D eigenvalue weighted by Gasteiger charge is 2.19. The quantitative estimate of drug-likeness (QED) is 0.215. The van der Waals surface area contributed by atoms with Crippen LogP contribution in [0.15, 0.2) is 94.0 Å². The van der Waals surface area contributed by atoms with Gasteiger partial charge in [0.15, 0.2) is 5.75 Å². The Hall–Kier alpha value is -4.24. The number of nitrogen functional groups attached to an aromatic ring is 1. The molecule has 0 spiro atoms. The van der Waals surface area contributed by atoms with Crippen LogP contribution in [0, 0.1) is 6.92 Å². The van der Waals surface area contributed by atoms with E-state index in [1.54, 1.807) is 54.6 Å². The molecule has 0 aliphatic carbocycles. The van der Waals surface area contributed by atoms with Crippen LogP contribution >= 0.6 is 0 Å². The number of carbonyl (C=O) groups is 1. The first kappa shape index (κ1) is 22.0. The molecule has 4 aromatic carbocycles. The largest absolute Gasteiger partial charge is 0.505 e. The lowest BCUT2D eigenvalue weighted by Crippen LogP contribution is -2.13. The second-order valence-corrected chi connectivity index (χ2v) is 9.03. The average Bonchev–Trinajstić information content (AvgIpc) is 2.80. The Morgan fingerprint density at radius 1 is 0.939 bits per heavy atom. The van der Waals surface area contributed by atoms with Crippen LogP contribution in [0.2, 0.25) is 0 Å². The number of benzene rings is 4. The molecule has 0 bridgehead atoms. The fourth-order valence-electron chi connectivity index (χ4n) is 3.27. The Bertz CT molecular complexity index is 1500. The van der Waals surface area contributed by atoms with E-state index in [1.165, 1.54) is 24.3 Å².